The number of aliphatic hydroxyl groups is 1. The quantitative estimate of drug-likeness (QED) is 0.751. The number of carbonyl (C=O) groups is 2. The summed E-state index contributed by atoms with van der Waals surface area (Å²) in [6.45, 7) is 0.558. The standard InChI is InChI=1S/C12H15N3O4/c16-7-6-14-4-1-2-9(11(14)18)8-15-5-3-10(17)13-12(15)19/h1-2,4,16H,3,5-8H2,(H,13,17,19). The first-order valence-corrected chi connectivity index (χ1v) is 6.00. The number of aliphatic hydroxyl groups excluding tert-OH is 1. The number of carbonyl (C=O) groups excluding carboxylic acids is 2. The highest BCUT2D eigenvalue weighted by atomic mass is 16.3. The van der Waals surface area contributed by atoms with Crippen LogP contribution in [0.3, 0.4) is 0 Å². The zero-order valence-electron chi connectivity index (χ0n) is 10.3. The van der Waals surface area contributed by atoms with E-state index in [2.05, 4.69) is 5.32 Å². The van der Waals surface area contributed by atoms with E-state index in [0.717, 1.165) is 0 Å². The second-order valence-corrected chi connectivity index (χ2v) is 4.28. The molecule has 7 nitrogen and oxygen atoms in total. The Hall–Kier alpha value is -2.15. The van der Waals surface area contributed by atoms with Crippen molar-refractivity contribution >= 4 is 11.9 Å². The molecule has 1 aromatic rings. The van der Waals surface area contributed by atoms with Crippen molar-refractivity contribution in [3.05, 3.63) is 34.2 Å². The molecule has 1 saturated heterocycles. The molecule has 1 aromatic heterocycles. The Balaban J connectivity index is 2.15. The Kier molecular flexibility index (Phi) is 3.96. The highest BCUT2D eigenvalue weighted by Crippen LogP contribution is 2.05. The third kappa shape index (κ3) is 3.00. The van der Waals surface area contributed by atoms with Crippen molar-refractivity contribution in [2.45, 2.75) is 19.5 Å². The molecule has 7 heteroatoms. The van der Waals surface area contributed by atoms with Gasteiger partial charge in [0.15, 0.2) is 0 Å². The van der Waals surface area contributed by atoms with Crippen molar-refractivity contribution in [2.75, 3.05) is 13.2 Å². The van der Waals surface area contributed by atoms with Crippen LogP contribution in [0.15, 0.2) is 23.1 Å². The van der Waals surface area contributed by atoms with E-state index in [-0.39, 0.29) is 37.6 Å². The molecule has 19 heavy (non-hydrogen) atoms. The van der Waals surface area contributed by atoms with Gasteiger partial charge in [0.1, 0.15) is 0 Å². The van der Waals surface area contributed by atoms with E-state index >= 15 is 0 Å². The number of nitrogens with one attached hydrogen (secondary N) is 1. The van der Waals surface area contributed by atoms with Gasteiger partial charge in [-0.15, -0.1) is 0 Å². The van der Waals surface area contributed by atoms with Gasteiger partial charge in [0.25, 0.3) is 5.56 Å². The molecule has 2 rings (SSSR count). The maximum atomic E-state index is 12.0. The van der Waals surface area contributed by atoms with Gasteiger partial charge in [0.2, 0.25) is 5.91 Å². The largest absolute Gasteiger partial charge is 0.395 e. The molecular formula is C12H15N3O4. The summed E-state index contributed by atoms with van der Waals surface area (Å²) >= 11 is 0. The molecule has 0 aromatic carbocycles. The Morgan fingerprint density at radius 2 is 2.11 bits per heavy atom. The Bertz CT molecular complexity index is 552. The molecule has 1 aliphatic heterocycles. The first-order valence-electron chi connectivity index (χ1n) is 6.00. The topological polar surface area (TPSA) is 91.6 Å². The Labute approximate surface area is 109 Å². The number of pyridine rings is 1. The van der Waals surface area contributed by atoms with Gasteiger partial charge in [-0.2, -0.15) is 0 Å². The normalized spacial score (nSPS) is 15.5. The van der Waals surface area contributed by atoms with Crippen molar-refractivity contribution in [2.24, 2.45) is 0 Å². The van der Waals surface area contributed by atoms with E-state index in [4.69, 9.17) is 5.11 Å². The summed E-state index contributed by atoms with van der Waals surface area (Å²) in [5.74, 6) is -0.299. The lowest BCUT2D eigenvalue weighted by Crippen LogP contribution is -2.49. The predicted octanol–water partition coefficient (Wildman–Crippen LogP) is -0.717. The molecule has 102 valence electrons. The van der Waals surface area contributed by atoms with Gasteiger partial charge in [-0.05, 0) is 6.07 Å². The number of aromatic nitrogens is 1. The first-order chi connectivity index (χ1) is 9.11. The van der Waals surface area contributed by atoms with E-state index in [1.165, 1.54) is 9.47 Å². The van der Waals surface area contributed by atoms with E-state index in [0.29, 0.717) is 12.1 Å². The smallest absolute Gasteiger partial charge is 0.324 e. The second kappa shape index (κ2) is 5.66. The number of imide groups is 1. The fraction of sp³-hybridized carbons (Fsp3) is 0.417. The summed E-state index contributed by atoms with van der Waals surface area (Å²) < 4.78 is 1.39. The minimum absolute atomic E-state index is 0.123. The zero-order chi connectivity index (χ0) is 13.8. The lowest BCUT2D eigenvalue weighted by atomic mass is 10.2. The number of urea groups is 1. The van der Waals surface area contributed by atoms with Crippen molar-refractivity contribution in [1.29, 1.82) is 0 Å². The molecule has 1 fully saturated rings. The van der Waals surface area contributed by atoms with Crippen LogP contribution < -0.4 is 10.9 Å². The third-order valence-electron chi connectivity index (χ3n) is 2.94. The van der Waals surface area contributed by atoms with Crippen molar-refractivity contribution in [3.8, 4) is 0 Å². The molecule has 2 N–H and O–H groups in total. The summed E-state index contributed by atoms with van der Waals surface area (Å²) in [6.07, 6.45) is 1.82. The van der Waals surface area contributed by atoms with Gasteiger partial charge in [0, 0.05) is 31.3 Å². The summed E-state index contributed by atoms with van der Waals surface area (Å²) in [7, 11) is 0. The van der Waals surface area contributed by atoms with E-state index < -0.39 is 6.03 Å². The van der Waals surface area contributed by atoms with Gasteiger partial charge < -0.3 is 14.6 Å². The van der Waals surface area contributed by atoms with Crippen LogP contribution in [0.25, 0.3) is 0 Å². The maximum absolute atomic E-state index is 12.0. The number of rotatable bonds is 4. The number of hydrogen-bond donors (Lipinski definition) is 2. The average Bonchev–Trinajstić information content (AvgIpc) is 2.37. The van der Waals surface area contributed by atoms with Crippen LogP contribution in [-0.4, -0.2) is 39.7 Å². The van der Waals surface area contributed by atoms with Gasteiger partial charge in [-0.1, -0.05) is 6.07 Å². The molecule has 2 heterocycles. The average molecular weight is 265 g/mol. The maximum Gasteiger partial charge on any atom is 0.324 e. The molecule has 0 aliphatic carbocycles. The fourth-order valence-corrected chi connectivity index (χ4v) is 1.95. The predicted molar refractivity (Wildman–Crippen MR) is 66.4 cm³/mol. The molecule has 0 spiro atoms. The highest BCUT2D eigenvalue weighted by molar-refractivity contribution is 5.96. The van der Waals surface area contributed by atoms with Gasteiger partial charge in [-0.25, -0.2) is 4.79 Å². The Morgan fingerprint density at radius 1 is 1.32 bits per heavy atom. The second-order valence-electron chi connectivity index (χ2n) is 4.28. The minimum atomic E-state index is -0.479. The van der Waals surface area contributed by atoms with Crippen LogP contribution in [0.1, 0.15) is 12.0 Å². The molecule has 0 radical (unpaired) electrons. The zero-order valence-corrected chi connectivity index (χ0v) is 10.3. The SMILES string of the molecule is O=C1CCN(Cc2cccn(CCO)c2=O)C(=O)N1. The van der Waals surface area contributed by atoms with E-state index in [9.17, 15) is 14.4 Å². The highest BCUT2D eigenvalue weighted by Gasteiger charge is 2.23. The molecule has 1 aliphatic rings. The lowest BCUT2D eigenvalue weighted by molar-refractivity contribution is -0.121. The van der Waals surface area contributed by atoms with Crippen molar-refractivity contribution in [3.63, 3.8) is 0 Å². The van der Waals surface area contributed by atoms with E-state index in [1.807, 2.05) is 0 Å². The summed E-state index contributed by atoms with van der Waals surface area (Å²) in [5.41, 5.74) is 0.224. The van der Waals surface area contributed by atoms with E-state index in [1.54, 1.807) is 18.3 Å². The monoisotopic (exact) mass is 265 g/mol. The third-order valence-corrected chi connectivity index (χ3v) is 2.94. The van der Waals surface area contributed by atoms with Gasteiger partial charge >= 0.3 is 6.03 Å². The summed E-state index contributed by atoms with van der Waals surface area (Å²) in [5, 5.41) is 11.1. The van der Waals surface area contributed by atoms with Crippen LogP contribution in [0.2, 0.25) is 0 Å². The minimum Gasteiger partial charge on any atom is -0.395 e. The van der Waals surface area contributed by atoms with Crippen LogP contribution in [0, 0.1) is 0 Å². The number of nitrogens with zero attached hydrogens (tertiary/aromatic N) is 2. The summed E-state index contributed by atoms with van der Waals surface area (Å²) in [6, 6.07) is 2.85. The van der Waals surface area contributed by atoms with Crippen LogP contribution in [0.5, 0.6) is 0 Å². The number of amides is 3. The fourth-order valence-electron chi connectivity index (χ4n) is 1.95. The molecular weight excluding hydrogens is 250 g/mol. The lowest BCUT2D eigenvalue weighted by Gasteiger charge is -2.26. The molecule has 0 bridgehead atoms. The molecule has 3 amide bonds. The van der Waals surface area contributed by atoms with Gasteiger partial charge in [0.05, 0.1) is 13.2 Å². The molecule has 0 atom stereocenters. The van der Waals surface area contributed by atoms with Gasteiger partial charge in [-0.3, -0.25) is 14.9 Å². The molecule has 0 unspecified atom stereocenters. The first kappa shape index (κ1) is 13.3. The summed E-state index contributed by atoms with van der Waals surface area (Å²) in [4.78, 5) is 36.0. The van der Waals surface area contributed by atoms with Crippen LogP contribution in [0.4, 0.5) is 4.79 Å². The molecule has 0 saturated carbocycles. The van der Waals surface area contributed by atoms with Crippen molar-refractivity contribution in [1.82, 2.24) is 14.8 Å². The van der Waals surface area contributed by atoms with Crippen LogP contribution in [-0.2, 0) is 17.9 Å². The van der Waals surface area contributed by atoms with Crippen LogP contribution >= 0.6 is 0 Å². The Morgan fingerprint density at radius 3 is 2.79 bits per heavy atom. The van der Waals surface area contributed by atoms with Crippen molar-refractivity contribution < 1.29 is 14.7 Å². The number of hydrogen-bond acceptors (Lipinski definition) is 4.